The Bertz CT molecular complexity index is 207. The zero-order valence-corrected chi connectivity index (χ0v) is 15.4. The molecule has 2 rings (SSSR count). The minimum Gasteiger partial charge on any atom is -0.396 e. The summed E-state index contributed by atoms with van der Waals surface area (Å²) in [7, 11) is 0. The van der Waals surface area contributed by atoms with E-state index in [1.165, 1.54) is 51.4 Å². The van der Waals surface area contributed by atoms with Gasteiger partial charge in [0.25, 0.3) is 0 Å². The number of ether oxygens (including phenoxy) is 3. The molecule has 4 nitrogen and oxygen atoms in total. The molecule has 22 heavy (non-hydrogen) atoms. The number of rotatable bonds is 8. The molecule has 0 aromatic rings. The molecule has 0 aromatic heterocycles. The summed E-state index contributed by atoms with van der Waals surface area (Å²) >= 11 is 3.37. The largest absolute Gasteiger partial charge is 0.396 e. The Labute approximate surface area is 144 Å². The molecular weight excluding hydrogens is 348 g/mol. The zero-order chi connectivity index (χ0) is 15.9. The topological polar surface area (TPSA) is 47.9 Å². The van der Waals surface area contributed by atoms with Gasteiger partial charge in [0.2, 0.25) is 0 Å². The summed E-state index contributed by atoms with van der Waals surface area (Å²) in [5, 5.41) is 9.53. The number of hydrogen-bond acceptors (Lipinski definition) is 4. The van der Waals surface area contributed by atoms with Crippen LogP contribution in [0.2, 0.25) is 0 Å². The maximum Gasteiger partial charge on any atom is 0.160 e. The molecule has 2 aliphatic heterocycles. The van der Waals surface area contributed by atoms with Crippen molar-refractivity contribution in [3.63, 3.8) is 0 Å². The van der Waals surface area contributed by atoms with Crippen molar-refractivity contribution in [1.29, 1.82) is 0 Å². The van der Waals surface area contributed by atoms with Crippen LogP contribution in [0.4, 0.5) is 0 Å². The minimum atomic E-state index is -0.00292. The monoisotopic (exact) mass is 380 g/mol. The maximum absolute atomic E-state index is 8.41. The Kier molecular flexibility index (Phi) is 13.8. The van der Waals surface area contributed by atoms with Crippen molar-refractivity contribution in [1.82, 2.24) is 0 Å². The number of aliphatic hydroxyl groups excluding tert-OH is 1. The quantitative estimate of drug-likeness (QED) is 0.501. The second kappa shape index (κ2) is 14.9. The Morgan fingerprint density at radius 3 is 1.82 bits per heavy atom. The molecule has 2 fully saturated rings. The average molecular weight is 381 g/mol. The van der Waals surface area contributed by atoms with Crippen LogP contribution in [0.25, 0.3) is 0 Å². The van der Waals surface area contributed by atoms with Crippen LogP contribution in [0.3, 0.4) is 0 Å². The highest BCUT2D eigenvalue weighted by Crippen LogP contribution is 2.20. The fraction of sp³-hybridized carbons (Fsp3) is 1.00. The highest BCUT2D eigenvalue weighted by molar-refractivity contribution is 9.09. The number of unbranched alkanes of at least 4 members (excludes halogenated alkanes) is 4. The van der Waals surface area contributed by atoms with E-state index in [1.807, 2.05) is 0 Å². The van der Waals surface area contributed by atoms with Crippen LogP contribution in [0.1, 0.15) is 70.6 Å². The lowest BCUT2D eigenvalue weighted by Crippen LogP contribution is -2.31. The van der Waals surface area contributed by atoms with Crippen LogP contribution < -0.4 is 0 Å². The van der Waals surface area contributed by atoms with E-state index < -0.39 is 0 Å². The third-order valence-corrected chi connectivity index (χ3v) is 4.43. The molecule has 2 aliphatic rings. The van der Waals surface area contributed by atoms with Gasteiger partial charge in [0, 0.05) is 25.2 Å². The van der Waals surface area contributed by atoms with E-state index in [9.17, 15) is 0 Å². The first-order valence-electron chi connectivity index (χ1n) is 8.92. The summed E-state index contributed by atoms with van der Waals surface area (Å²) in [6.45, 7) is 2.04. The number of alkyl halides is 1. The molecule has 0 aliphatic carbocycles. The van der Waals surface area contributed by atoms with Gasteiger partial charge in [-0.25, -0.2) is 0 Å². The predicted molar refractivity (Wildman–Crippen MR) is 92.2 cm³/mol. The van der Waals surface area contributed by atoms with Gasteiger partial charge in [-0.3, -0.25) is 0 Å². The summed E-state index contributed by atoms with van der Waals surface area (Å²) in [5.74, 6) is 0. The third-order valence-electron chi connectivity index (χ3n) is 3.87. The van der Waals surface area contributed by atoms with Crippen LogP contribution >= 0.6 is 15.9 Å². The summed E-state index contributed by atoms with van der Waals surface area (Å²) in [5.41, 5.74) is 0. The van der Waals surface area contributed by atoms with Crippen molar-refractivity contribution < 1.29 is 19.3 Å². The molecule has 0 spiro atoms. The zero-order valence-electron chi connectivity index (χ0n) is 13.8. The third kappa shape index (κ3) is 10.9. The Balaban J connectivity index is 0.000000239. The smallest absolute Gasteiger partial charge is 0.160 e. The van der Waals surface area contributed by atoms with Gasteiger partial charge in [0.05, 0.1) is 0 Å². The summed E-state index contributed by atoms with van der Waals surface area (Å²) in [6.07, 6.45) is 12.8. The first-order chi connectivity index (χ1) is 10.9. The lowest BCUT2D eigenvalue weighted by molar-refractivity contribution is -0.264. The van der Waals surface area contributed by atoms with Crippen LogP contribution in [-0.2, 0) is 14.2 Å². The molecular formula is C17H33BrO4. The molecule has 0 amide bonds. The molecule has 2 saturated heterocycles. The van der Waals surface area contributed by atoms with Gasteiger partial charge in [-0.1, -0.05) is 35.2 Å². The molecule has 0 saturated carbocycles. The van der Waals surface area contributed by atoms with Crippen LogP contribution in [0.15, 0.2) is 0 Å². The van der Waals surface area contributed by atoms with E-state index in [-0.39, 0.29) is 12.6 Å². The van der Waals surface area contributed by atoms with Gasteiger partial charge in [-0.15, -0.1) is 0 Å². The standard InChI is InChI=1S/C10H18O3.C7H15BrO/c1-3-7-11-9(5-1)13-10-6-2-4-8-12-10;8-6-4-2-1-3-5-7-9/h9-10H,1-8H2;9H,1-7H2. The van der Waals surface area contributed by atoms with Crippen molar-refractivity contribution >= 4 is 15.9 Å². The van der Waals surface area contributed by atoms with Crippen LogP contribution in [-0.4, -0.2) is 42.8 Å². The Hall–Kier alpha value is 0.320. The lowest BCUT2D eigenvalue weighted by Gasteiger charge is -2.29. The fourth-order valence-electron chi connectivity index (χ4n) is 2.54. The minimum absolute atomic E-state index is 0.00292. The van der Waals surface area contributed by atoms with Crippen molar-refractivity contribution in [2.75, 3.05) is 25.2 Å². The second-order valence-corrected chi connectivity index (χ2v) is 6.70. The molecule has 0 aromatic carbocycles. The van der Waals surface area contributed by atoms with Crippen molar-refractivity contribution in [2.45, 2.75) is 83.2 Å². The van der Waals surface area contributed by atoms with Crippen molar-refractivity contribution in [3.8, 4) is 0 Å². The van der Waals surface area contributed by atoms with Crippen molar-refractivity contribution in [3.05, 3.63) is 0 Å². The molecule has 1 N–H and O–H groups in total. The summed E-state index contributed by atoms with van der Waals surface area (Å²) in [4.78, 5) is 0. The molecule has 2 heterocycles. The van der Waals surface area contributed by atoms with Gasteiger partial charge < -0.3 is 19.3 Å². The van der Waals surface area contributed by atoms with E-state index in [1.54, 1.807) is 0 Å². The van der Waals surface area contributed by atoms with Crippen LogP contribution in [0, 0.1) is 0 Å². The van der Waals surface area contributed by atoms with E-state index in [2.05, 4.69) is 15.9 Å². The SMILES string of the molecule is C1CCC(OC2CCCCO2)OC1.OCCCCCCCBr. The number of halogens is 1. The van der Waals surface area contributed by atoms with E-state index in [4.69, 9.17) is 19.3 Å². The normalized spacial score (nSPS) is 25.4. The van der Waals surface area contributed by atoms with Gasteiger partial charge in [-0.2, -0.15) is 0 Å². The van der Waals surface area contributed by atoms with Crippen LogP contribution in [0.5, 0.6) is 0 Å². The summed E-state index contributed by atoms with van der Waals surface area (Å²) < 4.78 is 16.6. The van der Waals surface area contributed by atoms with Gasteiger partial charge in [0.1, 0.15) is 0 Å². The summed E-state index contributed by atoms with van der Waals surface area (Å²) in [6, 6.07) is 0. The highest BCUT2D eigenvalue weighted by Gasteiger charge is 2.21. The molecule has 2 unspecified atom stereocenters. The Morgan fingerprint density at radius 1 is 0.818 bits per heavy atom. The van der Waals surface area contributed by atoms with Gasteiger partial charge >= 0.3 is 0 Å². The molecule has 2 atom stereocenters. The van der Waals surface area contributed by atoms with E-state index in [0.717, 1.165) is 37.8 Å². The number of aliphatic hydroxyl groups is 1. The number of hydrogen-bond donors (Lipinski definition) is 1. The fourth-order valence-corrected chi connectivity index (χ4v) is 2.94. The molecule has 132 valence electrons. The first-order valence-corrected chi connectivity index (χ1v) is 10.0. The van der Waals surface area contributed by atoms with Crippen molar-refractivity contribution in [2.24, 2.45) is 0 Å². The molecule has 0 bridgehead atoms. The Morgan fingerprint density at radius 2 is 1.36 bits per heavy atom. The molecule has 0 radical (unpaired) electrons. The average Bonchev–Trinajstić information content (AvgIpc) is 2.57. The van der Waals surface area contributed by atoms with E-state index in [0.29, 0.717) is 6.61 Å². The van der Waals surface area contributed by atoms with E-state index >= 15 is 0 Å². The first kappa shape index (κ1) is 20.4. The maximum atomic E-state index is 8.41. The lowest BCUT2D eigenvalue weighted by atomic mass is 10.2. The molecule has 5 heteroatoms. The highest BCUT2D eigenvalue weighted by atomic mass is 79.9. The van der Waals surface area contributed by atoms with Gasteiger partial charge in [-0.05, 0) is 51.4 Å². The second-order valence-electron chi connectivity index (χ2n) is 5.91. The predicted octanol–water partition coefficient (Wildman–Crippen LogP) is 4.38. The van der Waals surface area contributed by atoms with Gasteiger partial charge in [0.15, 0.2) is 12.6 Å².